The number of hydrogen-bond donors (Lipinski definition) is 2. The second-order valence-electron chi connectivity index (χ2n) is 7.60. The molecular formula is C24H28N2O2. The van der Waals surface area contributed by atoms with Crippen molar-refractivity contribution in [3.05, 3.63) is 76.5 Å². The van der Waals surface area contributed by atoms with Gasteiger partial charge in [-0.1, -0.05) is 66.8 Å². The van der Waals surface area contributed by atoms with E-state index in [0.29, 0.717) is 5.56 Å². The molecule has 0 radical (unpaired) electrons. The monoisotopic (exact) mass is 376 g/mol. The highest BCUT2D eigenvalue weighted by atomic mass is 16.2. The number of nitrogens with one attached hydrogen (secondary N) is 2. The van der Waals surface area contributed by atoms with Crippen LogP contribution in [0.2, 0.25) is 0 Å². The molecule has 0 saturated heterocycles. The molecule has 4 nitrogen and oxygen atoms in total. The van der Waals surface area contributed by atoms with Crippen LogP contribution in [-0.4, -0.2) is 17.9 Å². The zero-order valence-electron chi connectivity index (χ0n) is 16.6. The fourth-order valence-corrected chi connectivity index (χ4v) is 3.40. The van der Waals surface area contributed by atoms with Crippen LogP contribution in [0, 0.1) is 13.8 Å². The Morgan fingerprint density at radius 1 is 0.857 bits per heavy atom. The van der Waals surface area contributed by atoms with Crippen LogP contribution in [0.3, 0.4) is 0 Å². The zero-order valence-corrected chi connectivity index (χ0v) is 16.6. The van der Waals surface area contributed by atoms with Crippen molar-refractivity contribution in [1.82, 2.24) is 10.6 Å². The van der Waals surface area contributed by atoms with Gasteiger partial charge in [-0.25, -0.2) is 0 Å². The number of aryl methyl sites for hydroxylation is 2. The summed E-state index contributed by atoms with van der Waals surface area (Å²) in [4.78, 5) is 25.6. The highest BCUT2D eigenvalue weighted by Gasteiger charge is 2.20. The standard InChI is InChI=1S/C24H28N2O2/c1-17-8-12-19(13-9-17)16-22(24(28)25-21-6-4-3-5-7-21)26-23(27)20-14-10-18(2)11-15-20/h8-16,21H,3-7H2,1-2H3,(H,25,28)(H,26,27). The van der Waals surface area contributed by atoms with Crippen molar-refractivity contribution in [2.45, 2.75) is 52.0 Å². The first-order valence-corrected chi connectivity index (χ1v) is 9.98. The molecule has 0 atom stereocenters. The van der Waals surface area contributed by atoms with Crippen molar-refractivity contribution in [2.24, 2.45) is 0 Å². The van der Waals surface area contributed by atoms with Crippen molar-refractivity contribution < 1.29 is 9.59 Å². The maximum Gasteiger partial charge on any atom is 0.268 e. The van der Waals surface area contributed by atoms with Gasteiger partial charge in [0.15, 0.2) is 0 Å². The highest BCUT2D eigenvalue weighted by Crippen LogP contribution is 2.18. The molecule has 2 aromatic carbocycles. The number of benzene rings is 2. The number of rotatable bonds is 5. The van der Waals surface area contributed by atoms with E-state index in [0.717, 1.165) is 42.4 Å². The first-order valence-electron chi connectivity index (χ1n) is 9.98. The molecule has 0 bridgehead atoms. The zero-order chi connectivity index (χ0) is 19.9. The van der Waals surface area contributed by atoms with Gasteiger partial charge in [0.1, 0.15) is 5.70 Å². The normalized spacial score (nSPS) is 15.1. The molecule has 0 heterocycles. The van der Waals surface area contributed by atoms with Crippen molar-refractivity contribution >= 4 is 17.9 Å². The Hall–Kier alpha value is -2.88. The van der Waals surface area contributed by atoms with E-state index < -0.39 is 0 Å². The van der Waals surface area contributed by atoms with Gasteiger partial charge in [0, 0.05) is 11.6 Å². The third-order valence-electron chi connectivity index (χ3n) is 5.14. The molecule has 2 amide bonds. The van der Waals surface area contributed by atoms with Crippen molar-refractivity contribution in [2.75, 3.05) is 0 Å². The van der Waals surface area contributed by atoms with Gasteiger partial charge < -0.3 is 10.6 Å². The lowest BCUT2D eigenvalue weighted by molar-refractivity contribution is -0.118. The summed E-state index contributed by atoms with van der Waals surface area (Å²) in [6.07, 6.45) is 7.23. The van der Waals surface area contributed by atoms with Gasteiger partial charge in [-0.2, -0.15) is 0 Å². The van der Waals surface area contributed by atoms with Crippen LogP contribution in [0.4, 0.5) is 0 Å². The molecule has 146 valence electrons. The van der Waals surface area contributed by atoms with E-state index in [4.69, 9.17) is 0 Å². The van der Waals surface area contributed by atoms with Crippen molar-refractivity contribution in [3.8, 4) is 0 Å². The summed E-state index contributed by atoms with van der Waals surface area (Å²) in [5.41, 5.74) is 3.92. The third kappa shape index (κ3) is 5.56. The Bertz CT molecular complexity index is 845. The molecule has 1 saturated carbocycles. The fraction of sp³-hybridized carbons (Fsp3) is 0.333. The SMILES string of the molecule is Cc1ccc(C=C(NC(=O)c2ccc(C)cc2)C(=O)NC2CCCCC2)cc1. The number of hydrogen-bond acceptors (Lipinski definition) is 2. The highest BCUT2D eigenvalue weighted by molar-refractivity contribution is 6.05. The van der Waals surface area contributed by atoms with Gasteiger partial charge in [0.2, 0.25) is 0 Å². The molecule has 4 heteroatoms. The van der Waals surface area contributed by atoms with E-state index >= 15 is 0 Å². The van der Waals surface area contributed by atoms with Gasteiger partial charge >= 0.3 is 0 Å². The Morgan fingerprint density at radius 2 is 1.43 bits per heavy atom. The van der Waals surface area contributed by atoms with Crippen LogP contribution in [-0.2, 0) is 4.79 Å². The lowest BCUT2D eigenvalue weighted by Gasteiger charge is -2.23. The minimum absolute atomic E-state index is 0.180. The molecule has 1 fully saturated rings. The maximum absolute atomic E-state index is 12.9. The van der Waals surface area contributed by atoms with Crippen LogP contribution in [0.5, 0.6) is 0 Å². The number of carbonyl (C=O) groups is 2. The summed E-state index contributed by atoms with van der Waals surface area (Å²) < 4.78 is 0. The summed E-state index contributed by atoms with van der Waals surface area (Å²) in [6.45, 7) is 3.99. The Balaban J connectivity index is 1.80. The van der Waals surface area contributed by atoms with Crippen molar-refractivity contribution in [3.63, 3.8) is 0 Å². The molecule has 0 spiro atoms. The topological polar surface area (TPSA) is 58.2 Å². The van der Waals surface area contributed by atoms with Crippen LogP contribution in [0.25, 0.3) is 6.08 Å². The predicted molar refractivity (Wildman–Crippen MR) is 113 cm³/mol. The van der Waals surface area contributed by atoms with Crippen LogP contribution in [0.1, 0.15) is 59.2 Å². The molecule has 2 aromatic rings. The maximum atomic E-state index is 12.9. The van der Waals surface area contributed by atoms with Gasteiger partial charge in [0.05, 0.1) is 0 Å². The van der Waals surface area contributed by atoms with E-state index in [2.05, 4.69) is 10.6 Å². The summed E-state index contributed by atoms with van der Waals surface area (Å²) >= 11 is 0. The molecule has 3 rings (SSSR count). The molecule has 0 aromatic heterocycles. The molecule has 1 aliphatic carbocycles. The predicted octanol–water partition coefficient (Wildman–Crippen LogP) is 4.52. The van der Waals surface area contributed by atoms with E-state index in [-0.39, 0.29) is 23.6 Å². The quantitative estimate of drug-likeness (QED) is 0.754. The first-order chi connectivity index (χ1) is 13.5. The van der Waals surface area contributed by atoms with Crippen LogP contribution in [0.15, 0.2) is 54.2 Å². The minimum atomic E-state index is -0.280. The summed E-state index contributed by atoms with van der Waals surface area (Å²) in [5.74, 6) is -0.509. The van der Waals surface area contributed by atoms with E-state index in [1.807, 2.05) is 50.2 Å². The lowest BCUT2D eigenvalue weighted by atomic mass is 9.95. The first kappa shape index (κ1) is 19.9. The molecule has 1 aliphatic rings. The average molecular weight is 377 g/mol. The summed E-state index contributed by atoms with van der Waals surface area (Å²) in [6, 6.07) is 15.4. The summed E-state index contributed by atoms with van der Waals surface area (Å²) in [7, 11) is 0. The van der Waals surface area contributed by atoms with E-state index in [9.17, 15) is 9.59 Å². The molecule has 0 unspecified atom stereocenters. The second kappa shape index (κ2) is 9.36. The van der Waals surface area contributed by atoms with Crippen LogP contribution >= 0.6 is 0 Å². The molecular weight excluding hydrogens is 348 g/mol. The Kier molecular flexibility index (Phi) is 6.64. The Morgan fingerprint density at radius 3 is 2.04 bits per heavy atom. The largest absolute Gasteiger partial charge is 0.348 e. The Labute approximate surface area is 167 Å². The van der Waals surface area contributed by atoms with Gasteiger partial charge in [-0.15, -0.1) is 0 Å². The van der Waals surface area contributed by atoms with Crippen molar-refractivity contribution in [1.29, 1.82) is 0 Å². The number of amides is 2. The average Bonchev–Trinajstić information content (AvgIpc) is 2.70. The van der Waals surface area contributed by atoms with Gasteiger partial charge in [0.25, 0.3) is 11.8 Å². The van der Waals surface area contributed by atoms with E-state index in [1.165, 1.54) is 6.42 Å². The van der Waals surface area contributed by atoms with Gasteiger partial charge in [-0.3, -0.25) is 9.59 Å². The van der Waals surface area contributed by atoms with Crippen LogP contribution < -0.4 is 10.6 Å². The molecule has 2 N–H and O–H groups in total. The van der Waals surface area contributed by atoms with Gasteiger partial charge in [-0.05, 0) is 50.5 Å². The number of carbonyl (C=O) groups excluding carboxylic acids is 2. The third-order valence-corrected chi connectivity index (χ3v) is 5.14. The molecule has 0 aliphatic heterocycles. The smallest absolute Gasteiger partial charge is 0.268 e. The lowest BCUT2D eigenvalue weighted by Crippen LogP contribution is -2.41. The van der Waals surface area contributed by atoms with E-state index in [1.54, 1.807) is 18.2 Å². The molecule has 28 heavy (non-hydrogen) atoms. The minimum Gasteiger partial charge on any atom is -0.348 e. The second-order valence-corrected chi connectivity index (χ2v) is 7.60. The summed E-state index contributed by atoms with van der Waals surface area (Å²) in [5, 5.41) is 5.91. The fourth-order valence-electron chi connectivity index (χ4n) is 3.40.